The first kappa shape index (κ1) is 23.2. The molecule has 0 unspecified atom stereocenters. The van der Waals surface area contributed by atoms with E-state index in [0.717, 1.165) is 10.4 Å². The highest BCUT2D eigenvalue weighted by Crippen LogP contribution is 2.25. The number of hydrogen-bond donors (Lipinski definition) is 1. The van der Waals surface area contributed by atoms with Crippen molar-refractivity contribution in [1.29, 1.82) is 0 Å². The molecule has 0 aliphatic rings. The topological polar surface area (TPSA) is 82.1 Å². The molecule has 7 nitrogen and oxygen atoms in total. The molecule has 176 valence electrons. The van der Waals surface area contributed by atoms with Crippen molar-refractivity contribution in [3.63, 3.8) is 0 Å². The van der Waals surface area contributed by atoms with Crippen LogP contribution in [0, 0.1) is 0 Å². The van der Waals surface area contributed by atoms with Crippen molar-refractivity contribution >= 4 is 46.3 Å². The van der Waals surface area contributed by atoms with Gasteiger partial charge in [0.1, 0.15) is 17.8 Å². The van der Waals surface area contributed by atoms with E-state index in [1.807, 2.05) is 30.3 Å². The van der Waals surface area contributed by atoms with Crippen LogP contribution in [0.2, 0.25) is 9.36 Å². The van der Waals surface area contributed by atoms with Crippen LogP contribution in [-0.4, -0.2) is 20.3 Å². The maximum atomic E-state index is 13.3. The van der Waals surface area contributed by atoms with Gasteiger partial charge >= 0.3 is 0 Å². The summed E-state index contributed by atoms with van der Waals surface area (Å²) in [6, 6.07) is 17.8. The molecule has 35 heavy (non-hydrogen) atoms. The third-order valence-electron chi connectivity index (χ3n) is 5.34. The van der Waals surface area contributed by atoms with Gasteiger partial charge in [0, 0.05) is 22.2 Å². The van der Waals surface area contributed by atoms with Crippen molar-refractivity contribution in [3.05, 3.63) is 115 Å². The summed E-state index contributed by atoms with van der Waals surface area (Å²) in [5, 5.41) is 8.30. The third kappa shape index (κ3) is 4.95. The van der Waals surface area contributed by atoms with Crippen molar-refractivity contribution in [2.24, 2.45) is 0 Å². The summed E-state index contributed by atoms with van der Waals surface area (Å²) in [6.45, 7) is 0.748. The van der Waals surface area contributed by atoms with Gasteiger partial charge in [-0.05, 0) is 42.0 Å². The maximum absolute atomic E-state index is 13.3. The number of hydrogen-bond acceptors (Lipinski definition) is 6. The SMILES string of the molecule is O=C(c1ccoc1)n1nc(-c2cccn(Cc3ccccc3Cl)c2=O)cc1NCc1ccc(Cl)s1. The standard InChI is InChI=1S/C25H18Cl2N4O3S/c26-20-6-2-1-4-16(20)14-30-10-3-5-19(25(30)33)21-12-23(28-13-18-7-8-22(27)35-18)31(29-21)24(32)17-9-11-34-15-17/h1-12,15,28H,13-14H2. The maximum Gasteiger partial charge on any atom is 0.283 e. The Hall–Kier alpha value is -3.59. The number of nitrogens with zero attached hydrogens (tertiary/aromatic N) is 3. The zero-order chi connectivity index (χ0) is 24.4. The molecule has 0 spiro atoms. The Balaban J connectivity index is 1.51. The number of rotatable bonds is 7. The van der Waals surface area contributed by atoms with E-state index in [1.165, 1.54) is 28.5 Å². The van der Waals surface area contributed by atoms with Crippen LogP contribution < -0.4 is 10.9 Å². The van der Waals surface area contributed by atoms with Gasteiger partial charge in [0.05, 0.1) is 34.8 Å². The van der Waals surface area contributed by atoms with Crippen molar-refractivity contribution in [3.8, 4) is 11.3 Å². The third-order valence-corrected chi connectivity index (χ3v) is 6.94. The number of anilines is 1. The second kappa shape index (κ2) is 9.95. The number of halogens is 2. The quantitative estimate of drug-likeness (QED) is 0.281. The van der Waals surface area contributed by atoms with Gasteiger partial charge in [-0.15, -0.1) is 11.3 Å². The number of nitrogens with one attached hydrogen (secondary N) is 1. The highest BCUT2D eigenvalue weighted by molar-refractivity contribution is 7.16. The first-order valence-electron chi connectivity index (χ1n) is 10.6. The molecule has 0 saturated heterocycles. The van der Waals surface area contributed by atoms with Gasteiger partial charge in [0.15, 0.2) is 0 Å². The Labute approximate surface area is 214 Å². The molecule has 0 aliphatic heterocycles. The monoisotopic (exact) mass is 524 g/mol. The molecule has 0 saturated carbocycles. The lowest BCUT2D eigenvalue weighted by atomic mass is 10.2. The van der Waals surface area contributed by atoms with Crippen LogP contribution in [0.15, 0.2) is 88.6 Å². The Morgan fingerprint density at radius 3 is 2.69 bits per heavy atom. The fourth-order valence-corrected chi connectivity index (χ4v) is 4.82. The van der Waals surface area contributed by atoms with Gasteiger partial charge < -0.3 is 14.3 Å². The predicted octanol–water partition coefficient (Wildman–Crippen LogP) is 6.02. The lowest BCUT2D eigenvalue weighted by molar-refractivity contribution is 0.0947. The molecule has 0 bridgehead atoms. The van der Waals surface area contributed by atoms with E-state index in [2.05, 4.69) is 10.4 Å². The minimum atomic E-state index is -0.385. The lowest BCUT2D eigenvalue weighted by Crippen LogP contribution is -2.22. The summed E-state index contributed by atoms with van der Waals surface area (Å²) < 4.78 is 8.54. The van der Waals surface area contributed by atoms with E-state index in [1.54, 1.807) is 41.1 Å². The summed E-state index contributed by atoms with van der Waals surface area (Å²) in [6.07, 6.45) is 4.47. The predicted molar refractivity (Wildman–Crippen MR) is 138 cm³/mol. The molecule has 5 aromatic rings. The smallest absolute Gasteiger partial charge is 0.283 e. The second-order valence-electron chi connectivity index (χ2n) is 7.65. The Kier molecular flexibility index (Phi) is 6.59. The molecule has 10 heteroatoms. The van der Waals surface area contributed by atoms with Crippen molar-refractivity contribution in [2.45, 2.75) is 13.1 Å². The van der Waals surface area contributed by atoms with E-state index < -0.39 is 0 Å². The number of aromatic nitrogens is 3. The molecule has 0 atom stereocenters. The summed E-state index contributed by atoms with van der Waals surface area (Å²) in [4.78, 5) is 27.4. The summed E-state index contributed by atoms with van der Waals surface area (Å²) in [5.41, 5.74) is 1.65. The Bertz CT molecular complexity index is 1550. The van der Waals surface area contributed by atoms with Crippen molar-refractivity contribution < 1.29 is 9.21 Å². The van der Waals surface area contributed by atoms with Gasteiger partial charge in [0.25, 0.3) is 11.5 Å². The minimum Gasteiger partial charge on any atom is -0.472 e. The van der Waals surface area contributed by atoms with E-state index >= 15 is 0 Å². The molecule has 4 aromatic heterocycles. The first-order chi connectivity index (χ1) is 17.0. The number of pyridine rings is 1. The van der Waals surface area contributed by atoms with Crippen molar-refractivity contribution in [1.82, 2.24) is 14.3 Å². The number of furan rings is 1. The molecule has 0 aliphatic carbocycles. The van der Waals surface area contributed by atoms with Crippen LogP contribution in [0.1, 0.15) is 20.8 Å². The van der Waals surface area contributed by atoms with Crippen LogP contribution in [0.3, 0.4) is 0 Å². The van der Waals surface area contributed by atoms with Crippen LogP contribution in [0.25, 0.3) is 11.3 Å². The molecular weight excluding hydrogens is 507 g/mol. The number of thiophene rings is 1. The van der Waals surface area contributed by atoms with Crippen LogP contribution in [0.5, 0.6) is 0 Å². The highest BCUT2D eigenvalue weighted by Gasteiger charge is 2.20. The van der Waals surface area contributed by atoms with Crippen molar-refractivity contribution in [2.75, 3.05) is 5.32 Å². The van der Waals surface area contributed by atoms with Gasteiger partial charge in [-0.3, -0.25) is 9.59 Å². The Morgan fingerprint density at radius 2 is 1.94 bits per heavy atom. The van der Waals surface area contributed by atoms with Gasteiger partial charge in [0.2, 0.25) is 0 Å². The van der Waals surface area contributed by atoms with E-state index in [0.29, 0.717) is 45.1 Å². The van der Waals surface area contributed by atoms with E-state index in [4.69, 9.17) is 27.6 Å². The van der Waals surface area contributed by atoms with Crippen LogP contribution in [-0.2, 0) is 13.1 Å². The number of carbonyl (C=O) groups excluding carboxylic acids is 1. The average Bonchev–Trinajstić information content (AvgIpc) is 3.61. The largest absolute Gasteiger partial charge is 0.472 e. The minimum absolute atomic E-state index is 0.246. The second-order valence-corrected chi connectivity index (χ2v) is 9.86. The number of carbonyl (C=O) groups is 1. The molecule has 1 N–H and O–H groups in total. The first-order valence-corrected chi connectivity index (χ1v) is 12.1. The molecule has 1 aromatic carbocycles. The molecule has 5 rings (SSSR count). The van der Waals surface area contributed by atoms with E-state index in [-0.39, 0.29) is 11.5 Å². The van der Waals surface area contributed by atoms with Crippen LogP contribution in [0.4, 0.5) is 5.82 Å². The lowest BCUT2D eigenvalue weighted by Gasteiger charge is -2.08. The average molecular weight is 525 g/mol. The fraction of sp³-hybridized carbons (Fsp3) is 0.0800. The van der Waals surface area contributed by atoms with Crippen LogP contribution >= 0.6 is 34.5 Å². The summed E-state index contributed by atoms with van der Waals surface area (Å²) >= 11 is 13.8. The molecule has 4 heterocycles. The highest BCUT2D eigenvalue weighted by atomic mass is 35.5. The zero-order valence-electron chi connectivity index (χ0n) is 18.2. The van der Waals surface area contributed by atoms with E-state index in [9.17, 15) is 9.59 Å². The molecular formula is C25H18Cl2N4O3S. The summed E-state index contributed by atoms with van der Waals surface area (Å²) in [7, 11) is 0. The normalized spacial score (nSPS) is 11.0. The Morgan fingerprint density at radius 1 is 1.09 bits per heavy atom. The summed E-state index contributed by atoms with van der Waals surface area (Å²) in [5.74, 6) is 0.0562. The molecule has 0 amide bonds. The van der Waals surface area contributed by atoms with Gasteiger partial charge in [-0.1, -0.05) is 41.4 Å². The zero-order valence-corrected chi connectivity index (χ0v) is 20.5. The molecule has 0 fully saturated rings. The number of benzene rings is 1. The fourth-order valence-electron chi connectivity index (χ4n) is 3.59. The van der Waals surface area contributed by atoms with Gasteiger partial charge in [-0.25, -0.2) is 0 Å². The molecule has 0 radical (unpaired) electrons. The van der Waals surface area contributed by atoms with Gasteiger partial charge in [-0.2, -0.15) is 9.78 Å².